The highest BCUT2D eigenvalue weighted by Crippen LogP contribution is 2.40. The van der Waals surface area contributed by atoms with Gasteiger partial charge in [0.15, 0.2) is 11.5 Å². The second-order valence-electron chi connectivity index (χ2n) is 9.53. The molecule has 1 aliphatic heterocycles. The summed E-state index contributed by atoms with van der Waals surface area (Å²) in [6.45, 7) is 5.71. The first-order valence-electron chi connectivity index (χ1n) is 11.5. The van der Waals surface area contributed by atoms with Gasteiger partial charge in [-0.2, -0.15) is 0 Å². The van der Waals surface area contributed by atoms with Crippen LogP contribution in [-0.4, -0.2) is 29.8 Å². The summed E-state index contributed by atoms with van der Waals surface area (Å²) in [6, 6.07) is 19.0. The van der Waals surface area contributed by atoms with E-state index >= 15 is 0 Å². The number of para-hydroxylation sites is 1. The molecule has 168 valence electrons. The zero-order valence-corrected chi connectivity index (χ0v) is 19.8. The second-order valence-corrected chi connectivity index (χ2v) is 10.6. The van der Waals surface area contributed by atoms with Gasteiger partial charge in [0.05, 0.1) is 17.6 Å². The minimum absolute atomic E-state index is 0.193. The molecule has 6 nitrogen and oxygen atoms in total. The van der Waals surface area contributed by atoms with Crippen LogP contribution in [0, 0.1) is 0 Å². The zero-order valence-electron chi connectivity index (χ0n) is 19.0. The van der Waals surface area contributed by atoms with E-state index < -0.39 is 0 Å². The minimum atomic E-state index is -0.193. The predicted octanol–water partition coefficient (Wildman–Crippen LogP) is 5.86. The summed E-state index contributed by atoms with van der Waals surface area (Å²) in [7, 11) is 0. The van der Waals surface area contributed by atoms with Crippen molar-refractivity contribution in [2.45, 2.75) is 39.0 Å². The van der Waals surface area contributed by atoms with Gasteiger partial charge in [0, 0.05) is 40.5 Å². The molecule has 34 heavy (non-hydrogen) atoms. The summed E-state index contributed by atoms with van der Waals surface area (Å²) in [5.41, 5.74) is 5.46. The maximum absolute atomic E-state index is 6.04. The summed E-state index contributed by atoms with van der Waals surface area (Å²) in [4.78, 5) is 12.0. The molecule has 0 spiro atoms. The van der Waals surface area contributed by atoms with Crippen molar-refractivity contribution < 1.29 is 4.74 Å². The number of hydrogen-bond acceptors (Lipinski definition) is 5. The molecular formula is C27H23N5OS. The Balaban J connectivity index is 1.41. The van der Waals surface area contributed by atoms with Crippen molar-refractivity contribution >= 4 is 38.1 Å². The molecule has 0 amide bonds. The van der Waals surface area contributed by atoms with Crippen LogP contribution in [0.1, 0.15) is 29.9 Å². The lowest BCUT2D eigenvalue weighted by molar-refractivity contribution is -0.0379. The maximum atomic E-state index is 6.04. The quantitative estimate of drug-likeness (QED) is 0.328. The Kier molecular flexibility index (Phi) is 4.22. The lowest BCUT2D eigenvalue weighted by Crippen LogP contribution is -2.31. The first-order chi connectivity index (χ1) is 16.6. The number of nitrogens with zero attached hydrogens (tertiary/aromatic N) is 5. The van der Waals surface area contributed by atoms with Crippen molar-refractivity contribution in [2.24, 2.45) is 0 Å². The summed E-state index contributed by atoms with van der Waals surface area (Å²) in [5, 5.41) is 7.14. The van der Waals surface area contributed by atoms with Gasteiger partial charge >= 0.3 is 0 Å². The van der Waals surface area contributed by atoms with E-state index in [1.807, 2.05) is 4.52 Å². The van der Waals surface area contributed by atoms with E-state index in [-0.39, 0.29) is 5.60 Å². The van der Waals surface area contributed by atoms with Gasteiger partial charge in [0.25, 0.3) is 0 Å². The Morgan fingerprint density at radius 1 is 1.06 bits per heavy atom. The fourth-order valence-electron chi connectivity index (χ4n) is 4.99. The average molecular weight is 466 g/mol. The molecule has 0 saturated carbocycles. The van der Waals surface area contributed by atoms with Crippen molar-refractivity contribution in [3.05, 3.63) is 83.1 Å². The molecule has 7 heteroatoms. The molecule has 0 saturated heterocycles. The van der Waals surface area contributed by atoms with E-state index in [0.29, 0.717) is 6.61 Å². The fourth-order valence-corrected chi connectivity index (χ4v) is 6.06. The maximum Gasteiger partial charge on any atom is 0.184 e. The van der Waals surface area contributed by atoms with Crippen LogP contribution in [0.5, 0.6) is 0 Å². The topological polar surface area (TPSA) is 57.2 Å². The number of aromatic nitrogens is 5. The van der Waals surface area contributed by atoms with Crippen LogP contribution in [0.3, 0.4) is 0 Å². The predicted molar refractivity (Wildman–Crippen MR) is 135 cm³/mol. The average Bonchev–Trinajstić information content (AvgIpc) is 3.52. The number of hydrogen-bond donors (Lipinski definition) is 0. The number of ether oxygens (including phenoxy) is 1. The fraction of sp³-hybridized carbons (Fsp3) is 0.222. The molecule has 0 radical (unpaired) electrons. The van der Waals surface area contributed by atoms with Gasteiger partial charge in [-0.15, -0.1) is 16.4 Å². The van der Waals surface area contributed by atoms with Gasteiger partial charge in [0.1, 0.15) is 11.2 Å². The first-order valence-corrected chi connectivity index (χ1v) is 12.3. The molecule has 1 aliphatic rings. The molecular weight excluding hydrogens is 442 g/mol. The molecule has 4 aromatic heterocycles. The molecule has 5 heterocycles. The molecule has 2 aromatic carbocycles. The Morgan fingerprint density at radius 3 is 2.76 bits per heavy atom. The van der Waals surface area contributed by atoms with E-state index in [1.54, 1.807) is 17.7 Å². The normalized spacial score (nSPS) is 15.4. The minimum Gasteiger partial charge on any atom is -0.370 e. The highest BCUT2D eigenvalue weighted by Gasteiger charge is 2.31. The highest BCUT2D eigenvalue weighted by molar-refractivity contribution is 7.19. The van der Waals surface area contributed by atoms with E-state index in [9.17, 15) is 0 Å². The van der Waals surface area contributed by atoms with Crippen molar-refractivity contribution in [1.29, 1.82) is 0 Å². The summed E-state index contributed by atoms with van der Waals surface area (Å²) < 4.78 is 10.2. The Hall–Kier alpha value is -3.55. The monoisotopic (exact) mass is 465 g/mol. The Labute approximate surface area is 200 Å². The van der Waals surface area contributed by atoms with E-state index in [0.717, 1.165) is 45.6 Å². The van der Waals surface area contributed by atoms with Crippen molar-refractivity contribution in [3.8, 4) is 11.4 Å². The standard InChI is InChI=1S/C27H23N5OS/c1-27(2)12-19-22(15-33-27)34-26-23(19)25-29-24(30-32(25)16-28-26)20-14-31(13-17-8-4-3-5-9-17)21-11-7-6-10-18(20)21/h3-11,14,16H,12-13,15H2,1-2H3. The molecule has 0 atom stereocenters. The molecule has 0 aliphatic carbocycles. The highest BCUT2D eigenvalue weighted by atomic mass is 32.1. The van der Waals surface area contributed by atoms with Crippen molar-refractivity contribution in [3.63, 3.8) is 0 Å². The molecule has 0 bridgehead atoms. The van der Waals surface area contributed by atoms with Crippen LogP contribution >= 0.6 is 11.3 Å². The SMILES string of the molecule is CC1(C)Cc2c(sc3ncn4nc(-c5cn(Cc6ccccc6)c6ccccc56)nc4c23)CO1. The van der Waals surface area contributed by atoms with E-state index in [2.05, 4.69) is 79.2 Å². The Bertz CT molecular complexity index is 1690. The smallest absolute Gasteiger partial charge is 0.184 e. The van der Waals surface area contributed by atoms with Crippen molar-refractivity contribution in [1.82, 2.24) is 24.1 Å². The molecule has 0 unspecified atom stereocenters. The van der Waals surface area contributed by atoms with Gasteiger partial charge in [-0.25, -0.2) is 14.5 Å². The van der Waals surface area contributed by atoms with Crippen LogP contribution in [0.2, 0.25) is 0 Å². The third-order valence-electron chi connectivity index (χ3n) is 6.63. The largest absolute Gasteiger partial charge is 0.370 e. The lowest BCUT2D eigenvalue weighted by Gasteiger charge is -2.30. The van der Waals surface area contributed by atoms with Crippen LogP contribution in [-0.2, 0) is 24.3 Å². The van der Waals surface area contributed by atoms with Gasteiger partial charge in [-0.05, 0) is 31.0 Å². The number of benzene rings is 2. The third kappa shape index (κ3) is 3.08. The van der Waals surface area contributed by atoms with Crippen molar-refractivity contribution in [2.75, 3.05) is 0 Å². The molecule has 7 rings (SSSR count). The molecule has 0 fully saturated rings. The second kappa shape index (κ2) is 7.22. The van der Waals surface area contributed by atoms with Crippen LogP contribution in [0.15, 0.2) is 67.1 Å². The first kappa shape index (κ1) is 19.9. The van der Waals surface area contributed by atoms with Gasteiger partial charge in [0.2, 0.25) is 0 Å². The number of rotatable bonds is 3. The third-order valence-corrected chi connectivity index (χ3v) is 7.75. The molecule has 6 aromatic rings. The van der Waals surface area contributed by atoms with Crippen LogP contribution in [0.4, 0.5) is 0 Å². The van der Waals surface area contributed by atoms with Gasteiger partial charge in [-0.1, -0.05) is 48.5 Å². The van der Waals surface area contributed by atoms with E-state index in [1.165, 1.54) is 21.5 Å². The van der Waals surface area contributed by atoms with Crippen LogP contribution < -0.4 is 0 Å². The zero-order chi connectivity index (χ0) is 22.9. The summed E-state index contributed by atoms with van der Waals surface area (Å²) in [6.07, 6.45) is 4.81. The number of fused-ring (bicyclic) bond motifs is 6. The summed E-state index contributed by atoms with van der Waals surface area (Å²) in [5.74, 6) is 0.726. The van der Waals surface area contributed by atoms with Gasteiger partial charge in [-0.3, -0.25) is 0 Å². The van der Waals surface area contributed by atoms with Crippen LogP contribution in [0.25, 0.3) is 38.2 Å². The molecule has 0 N–H and O–H groups in total. The Morgan fingerprint density at radius 2 is 1.88 bits per heavy atom. The lowest BCUT2D eigenvalue weighted by atomic mass is 9.94. The summed E-state index contributed by atoms with van der Waals surface area (Å²) >= 11 is 1.71. The van der Waals surface area contributed by atoms with Gasteiger partial charge < -0.3 is 9.30 Å². The van der Waals surface area contributed by atoms with E-state index in [4.69, 9.17) is 19.8 Å². The number of thiophene rings is 1.